The van der Waals surface area contributed by atoms with Crippen LogP contribution in [-0.4, -0.2) is 19.6 Å². The van der Waals surface area contributed by atoms with Gasteiger partial charge in [-0.2, -0.15) is 10.2 Å². The summed E-state index contributed by atoms with van der Waals surface area (Å²) in [5.41, 5.74) is 3.40. The number of hydrogen-bond acceptors (Lipinski definition) is 3. The van der Waals surface area contributed by atoms with E-state index < -0.39 is 0 Å². The van der Waals surface area contributed by atoms with Gasteiger partial charge in [-0.05, 0) is 25.8 Å². The van der Waals surface area contributed by atoms with Crippen molar-refractivity contribution < 1.29 is 0 Å². The van der Waals surface area contributed by atoms with Crippen LogP contribution in [0.3, 0.4) is 0 Å². The minimum absolute atomic E-state index is 0.0601. The van der Waals surface area contributed by atoms with Crippen molar-refractivity contribution in [3.63, 3.8) is 0 Å². The van der Waals surface area contributed by atoms with E-state index in [1.54, 1.807) is 17.9 Å². The molecular formula is C13H18N4O. The van der Waals surface area contributed by atoms with Crippen LogP contribution in [0.5, 0.6) is 0 Å². The molecule has 0 aliphatic carbocycles. The Hall–Kier alpha value is -1.91. The van der Waals surface area contributed by atoms with E-state index >= 15 is 0 Å². The molecule has 0 aliphatic rings. The first-order valence-corrected chi connectivity index (χ1v) is 6.01. The summed E-state index contributed by atoms with van der Waals surface area (Å²) in [5, 5.41) is 8.51. The summed E-state index contributed by atoms with van der Waals surface area (Å²) in [6, 6.07) is 1.99. The average molecular weight is 246 g/mol. The summed E-state index contributed by atoms with van der Waals surface area (Å²) >= 11 is 0. The maximum Gasteiger partial charge on any atom is 0.272 e. The first kappa shape index (κ1) is 12.5. The minimum Gasteiger partial charge on any atom is -0.267 e. The maximum atomic E-state index is 12.2. The summed E-state index contributed by atoms with van der Waals surface area (Å²) in [4.78, 5) is 12.2. The molecule has 0 amide bonds. The summed E-state index contributed by atoms with van der Waals surface area (Å²) in [6.45, 7) is 7.92. The standard InChI is InChI=1S/C13H18N4O/c1-8(2)12-11(7-14-16(5)13(12)18)17-10(4)6-9(3)15-17/h6-8H,1-5H3. The predicted octanol–water partition coefficient (Wildman–Crippen LogP) is 1.71. The molecule has 5 heteroatoms. The zero-order valence-corrected chi connectivity index (χ0v) is 11.4. The molecule has 0 unspecified atom stereocenters. The molecule has 0 atom stereocenters. The van der Waals surface area contributed by atoms with Gasteiger partial charge in [-0.15, -0.1) is 0 Å². The van der Waals surface area contributed by atoms with Crippen LogP contribution in [-0.2, 0) is 7.05 Å². The van der Waals surface area contributed by atoms with E-state index in [-0.39, 0.29) is 11.5 Å². The van der Waals surface area contributed by atoms with Crippen LogP contribution in [0.25, 0.3) is 5.69 Å². The minimum atomic E-state index is -0.0601. The van der Waals surface area contributed by atoms with Gasteiger partial charge < -0.3 is 0 Å². The van der Waals surface area contributed by atoms with Crippen molar-refractivity contribution in [3.05, 3.63) is 39.6 Å². The Morgan fingerprint density at radius 3 is 2.44 bits per heavy atom. The molecule has 0 N–H and O–H groups in total. The Morgan fingerprint density at radius 2 is 1.94 bits per heavy atom. The molecule has 18 heavy (non-hydrogen) atoms. The van der Waals surface area contributed by atoms with Crippen LogP contribution in [0.2, 0.25) is 0 Å². The highest BCUT2D eigenvalue weighted by atomic mass is 16.1. The van der Waals surface area contributed by atoms with Crippen molar-refractivity contribution in [2.45, 2.75) is 33.6 Å². The first-order valence-electron chi connectivity index (χ1n) is 6.01. The van der Waals surface area contributed by atoms with Gasteiger partial charge in [0.25, 0.3) is 5.56 Å². The first-order chi connectivity index (χ1) is 8.41. The van der Waals surface area contributed by atoms with Crippen LogP contribution in [0, 0.1) is 13.8 Å². The largest absolute Gasteiger partial charge is 0.272 e. The molecule has 2 rings (SSSR count). The van der Waals surface area contributed by atoms with Gasteiger partial charge in [0.15, 0.2) is 0 Å². The Kier molecular flexibility index (Phi) is 3.07. The molecule has 0 saturated carbocycles. The quantitative estimate of drug-likeness (QED) is 0.810. The van der Waals surface area contributed by atoms with Gasteiger partial charge in [0, 0.05) is 18.3 Å². The number of rotatable bonds is 2. The lowest BCUT2D eigenvalue weighted by Crippen LogP contribution is -2.26. The third-order valence-electron chi connectivity index (χ3n) is 2.97. The summed E-state index contributed by atoms with van der Waals surface area (Å²) < 4.78 is 3.16. The van der Waals surface area contributed by atoms with Gasteiger partial charge in [-0.3, -0.25) is 4.79 Å². The maximum absolute atomic E-state index is 12.2. The van der Waals surface area contributed by atoms with Crippen LogP contribution in [0.1, 0.15) is 36.7 Å². The van der Waals surface area contributed by atoms with Gasteiger partial charge in [0.2, 0.25) is 0 Å². The molecule has 0 bridgehead atoms. The fraction of sp³-hybridized carbons (Fsp3) is 0.462. The van der Waals surface area contributed by atoms with E-state index in [2.05, 4.69) is 10.2 Å². The van der Waals surface area contributed by atoms with Crippen LogP contribution in [0.4, 0.5) is 0 Å². The van der Waals surface area contributed by atoms with E-state index in [9.17, 15) is 4.79 Å². The Labute approximate surface area is 106 Å². The van der Waals surface area contributed by atoms with Gasteiger partial charge in [-0.25, -0.2) is 9.36 Å². The second-order valence-corrected chi connectivity index (χ2v) is 4.87. The molecule has 0 spiro atoms. The van der Waals surface area contributed by atoms with Crippen LogP contribution in [0.15, 0.2) is 17.1 Å². The smallest absolute Gasteiger partial charge is 0.267 e. The molecule has 0 saturated heterocycles. The lowest BCUT2D eigenvalue weighted by atomic mass is 10.0. The summed E-state index contributed by atoms with van der Waals surface area (Å²) in [7, 11) is 1.67. The number of aryl methyl sites for hydroxylation is 3. The predicted molar refractivity (Wildman–Crippen MR) is 70.2 cm³/mol. The molecule has 2 aromatic rings. The normalized spacial score (nSPS) is 11.2. The van der Waals surface area contributed by atoms with E-state index in [0.29, 0.717) is 0 Å². The van der Waals surface area contributed by atoms with Crippen LogP contribution < -0.4 is 5.56 Å². The second-order valence-electron chi connectivity index (χ2n) is 4.87. The van der Waals surface area contributed by atoms with E-state index in [1.807, 2.05) is 33.8 Å². The SMILES string of the molecule is Cc1cc(C)n(-c2cnn(C)c(=O)c2C(C)C)n1. The van der Waals surface area contributed by atoms with Crippen molar-refractivity contribution >= 4 is 0 Å². The van der Waals surface area contributed by atoms with Gasteiger partial charge in [-0.1, -0.05) is 13.8 Å². The summed E-state index contributed by atoms with van der Waals surface area (Å²) in [5.74, 6) is 0.130. The van der Waals surface area contributed by atoms with Gasteiger partial charge >= 0.3 is 0 Å². The monoisotopic (exact) mass is 246 g/mol. The zero-order chi connectivity index (χ0) is 13.4. The zero-order valence-electron chi connectivity index (χ0n) is 11.4. The highest BCUT2D eigenvalue weighted by molar-refractivity contribution is 5.40. The number of hydrogen-bond donors (Lipinski definition) is 0. The molecule has 0 fully saturated rings. The fourth-order valence-corrected chi connectivity index (χ4v) is 2.13. The molecule has 2 heterocycles. The number of nitrogens with zero attached hydrogens (tertiary/aromatic N) is 4. The average Bonchev–Trinajstić information content (AvgIpc) is 2.61. The van der Waals surface area contributed by atoms with Crippen molar-refractivity contribution in [1.29, 1.82) is 0 Å². The van der Waals surface area contributed by atoms with E-state index in [4.69, 9.17) is 0 Å². The third kappa shape index (κ3) is 1.96. The molecular weight excluding hydrogens is 228 g/mol. The van der Waals surface area contributed by atoms with E-state index in [0.717, 1.165) is 22.6 Å². The van der Waals surface area contributed by atoms with E-state index in [1.165, 1.54) is 4.68 Å². The third-order valence-corrected chi connectivity index (χ3v) is 2.97. The molecule has 0 radical (unpaired) electrons. The highest BCUT2D eigenvalue weighted by Gasteiger charge is 2.16. The highest BCUT2D eigenvalue weighted by Crippen LogP contribution is 2.19. The second kappa shape index (κ2) is 4.40. The van der Waals surface area contributed by atoms with Gasteiger partial charge in [0.1, 0.15) is 0 Å². The molecule has 0 aromatic carbocycles. The molecule has 2 aromatic heterocycles. The lowest BCUT2D eigenvalue weighted by Gasteiger charge is -2.13. The molecule has 5 nitrogen and oxygen atoms in total. The Morgan fingerprint density at radius 1 is 1.28 bits per heavy atom. The van der Waals surface area contributed by atoms with Crippen LogP contribution >= 0.6 is 0 Å². The Bertz CT molecular complexity index is 637. The van der Waals surface area contributed by atoms with Crippen molar-refractivity contribution in [1.82, 2.24) is 19.6 Å². The number of aromatic nitrogens is 4. The molecule has 0 aliphatic heterocycles. The van der Waals surface area contributed by atoms with Crippen molar-refractivity contribution in [2.24, 2.45) is 7.05 Å². The van der Waals surface area contributed by atoms with Gasteiger partial charge in [0.05, 0.1) is 17.6 Å². The van der Waals surface area contributed by atoms with Crippen molar-refractivity contribution in [2.75, 3.05) is 0 Å². The summed E-state index contributed by atoms with van der Waals surface area (Å²) in [6.07, 6.45) is 1.70. The fourth-order valence-electron chi connectivity index (χ4n) is 2.13. The lowest BCUT2D eigenvalue weighted by molar-refractivity contribution is 0.660. The topological polar surface area (TPSA) is 52.7 Å². The molecule has 96 valence electrons. The Balaban J connectivity index is 2.76. The van der Waals surface area contributed by atoms with Crippen molar-refractivity contribution in [3.8, 4) is 5.69 Å².